The van der Waals surface area contributed by atoms with Gasteiger partial charge in [0.1, 0.15) is 0 Å². The number of hydrogen-bond donors (Lipinski definition) is 1. The molecule has 1 saturated heterocycles. The van der Waals surface area contributed by atoms with Crippen LogP contribution < -0.4 is 5.32 Å². The van der Waals surface area contributed by atoms with Crippen LogP contribution in [0.25, 0.3) is 0 Å². The average molecular weight is 283 g/mol. The van der Waals surface area contributed by atoms with Gasteiger partial charge < -0.3 is 19.9 Å². The maximum Gasteiger partial charge on any atom is 0.410 e. The summed E-state index contributed by atoms with van der Waals surface area (Å²) in [6.45, 7) is 4.98. The molecule has 3 amide bonds. The third kappa shape index (κ3) is 4.02. The summed E-state index contributed by atoms with van der Waals surface area (Å²) in [7, 11) is 1.85. The topological polar surface area (TPSA) is 61.9 Å². The van der Waals surface area contributed by atoms with Gasteiger partial charge in [0.25, 0.3) is 0 Å². The van der Waals surface area contributed by atoms with E-state index in [1.165, 1.54) is 0 Å². The van der Waals surface area contributed by atoms with Crippen molar-refractivity contribution in [3.05, 3.63) is 0 Å². The van der Waals surface area contributed by atoms with Crippen molar-refractivity contribution in [1.29, 1.82) is 0 Å². The van der Waals surface area contributed by atoms with E-state index < -0.39 is 0 Å². The Morgan fingerprint density at radius 2 is 1.80 bits per heavy atom. The van der Waals surface area contributed by atoms with E-state index in [0.29, 0.717) is 19.1 Å². The largest absolute Gasteiger partial charge is 0.447 e. The summed E-state index contributed by atoms with van der Waals surface area (Å²) in [5.41, 5.74) is 0. The van der Waals surface area contributed by atoms with Crippen molar-refractivity contribution < 1.29 is 14.3 Å². The summed E-state index contributed by atoms with van der Waals surface area (Å²) in [6.07, 6.45) is 3.47. The molecule has 114 valence electrons. The van der Waals surface area contributed by atoms with Crippen LogP contribution in [0.5, 0.6) is 0 Å². The smallest absolute Gasteiger partial charge is 0.410 e. The molecule has 0 atom stereocenters. The first-order valence-electron chi connectivity index (χ1n) is 7.46. The number of piperidine rings is 1. The van der Waals surface area contributed by atoms with E-state index in [0.717, 1.165) is 25.7 Å². The van der Waals surface area contributed by atoms with Crippen LogP contribution in [0.3, 0.4) is 0 Å². The Morgan fingerprint density at radius 1 is 1.20 bits per heavy atom. The first-order valence-corrected chi connectivity index (χ1v) is 7.46. The number of nitrogens with zero attached hydrogens (tertiary/aromatic N) is 2. The predicted molar refractivity (Wildman–Crippen MR) is 75.5 cm³/mol. The van der Waals surface area contributed by atoms with Crippen LogP contribution in [0.2, 0.25) is 0 Å². The molecule has 2 rings (SSSR count). The van der Waals surface area contributed by atoms with Gasteiger partial charge in [0.2, 0.25) is 0 Å². The molecule has 0 spiro atoms. The summed E-state index contributed by atoms with van der Waals surface area (Å²) in [5, 5.41) is 3.05. The Hall–Kier alpha value is -1.46. The van der Waals surface area contributed by atoms with Gasteiger partial charge in [-0.25, -0.2) is 9.59 Å². The lowest BCUT2D eigenvalue weighted by atomic mass is 10.1. The zero-order chi connectivity index (χ0) is 14.7. The molecule has 1 N–H and O–H groups in total. The van der Waals surface area contributed by atoms with Crippen molar-refractivity contribution >= 4 is 12.1 Å². The molecule has 1 heterocycles. The number of likely N-dealkylation sites (tertiary alicyclic amines) is 1. The fraction of sp³-hybridized carbons (Fsp3) is 0.857. The number of rotatable bonds is 3. The summed E-state index contributed by atoms with van der Waals surface area (Å²) in [4.78, 5) is 27.2. The Balaban J connectivity index is 1.71. The summed E-state index contributed by atoms with van der Waals surface area (Å²) in [5.74, 6) is 0. The Morgan fingerprint density at radius 3 is 2.30 bits per heavy atom. The average Bonchev–Trinajstić information content (AvgIpc) is 3.22. The van der Waals surface area contributed by atoms with E-state index >= 15 is 0 Å². The third-order valence-corrected chi connectivity index (χ3v) is 3.83. The molecule has 0 aromatic carbocycles. The molecule has 20 heavy (non-hydrogen) atoms. The fourth-order valence-electron chi connectivity index (χ4n) is 2.39. The molecule has 6 heteroatoms. The Bertz CT molecular complexity index is 361. The first kappa shape index (κ1) is 14.9. The standard InChI is InChI=1S/C14H25N3O3/c1-10(2)20-14(19)17-8-6-11(7-9-17)15-13(18)16(3)12-4-5-12/h10-12H,4-9H2,1-3H3,(H,15,18). The van der Waals surface area contributed by atoms with E-state index in [9.17, 15) is 9.59 Å². The molecule has 1 aliphatic carbocycles. The van der Waals surface area contributed by atoms with Gasteiger partial charge in [-0.2, -0.15) is 0 Å². The van der Waals surface area contributed by atoms with Crippen molar-refractivity contribution in [2.45, 2.75) is 57.7 Å². The Labute approximate surface area is 120 Å². The second kappa shape index (κ2) is 6.33. The lowest BCUT2D eigenvalue weighted by Crippen LogP contribution is -2.50. The quantitative estimate of drug-likeness (QED) is 0.859. The van der Waals surface area contributed by atoms with E-state index in [-0.39, 0.29) is 24.3 Å². The zero-order valence-electron chi connectivity index (χ0n) is 12.6. The van der Waals surface area contributed by atoms with Gasteiger partial charge in [-0.1, -0.05) is 0 Å². The van der Waals surface area contributed by atoms with Crippen LogP contribution >= 0.6 is 0 Å². The number of amides is 3. The second-order valence-electron chi connectivity index (χ2n) is 5.99. The van der Waals surface area contributed by atoms with Gasteiger partial charge in [0.15, 0.2) is 0 Å². The number of carbonyl (C=O) groups excluding carboxylic acids is 2. The normalized spacial score (nSPS) is 19.9. The number of ether oxygens (including phenoxy) is 1. The lowest BCUT2D eigenvalue weighted by Gasteiger charge is -2.33. The molecule has 0 aromatic rings. The van der Waals surface area contributed by atoms with Crippen LogP contribution in [0.1, 0.15) is 39.5 Å². The van der Waals surface area contributed by atoms with Gasteiger partial charge in [0.05, 0.1) is 6.10 Å². The van der Waals surface area contributed by atoms with Gasteiger partial charge in [-0.05, 0) is 39.5 Å². The molecule has 6 nitrogen and oxygen atoms in total. The van der Waals surface area contributed by atoms with Crippen molar-refractivity contribution in [3.63, 3.8) is 0 Å². The van der Waals surface area contributed by atoms with Crippen LogP contribution in [-0.2, 0) is 4.74 Å². The monoisotopic (exact) mass is 283 g/mol. The first-order chi connectivity index (χ1) is 9.47. The molecule has 2 fully saturated rings. The molecule has 0 aromatic heterocycles. The van der Waals surface area contributed by atoms with Crippen LogP contribution in [0.4, 0.5) is 9.59 Å². The molecular formula is C14H25N3O3. The fourth-order valence-corrected chi connectivity index (χ4v) is 2.39. The lowest BCUT2D eigenvalue weighted by molar-refractivity contribution is 0.0681. The highest BCUT2D eigenvalue weighted by molar-refractivity contribution is 5.75. The van der Waals surface area contributed by atoms with Crippen LogP contribution in [0, 0.1) is 0 Å². The van der Waals surface area contributed by atoms with Crippen LogP contribution in [-0.4, -0.2) is 60.2 Å². The van der Waals surface area contributed by atoms with Crippen molar-refractivity contribution in [2.75, 3.05) is 20.1 Å². The molecule has 1 aliphatic heterocycles. The number of urea groups is 1. The van der Waals surface area contributed by atoms with E-state index in [4.69, 9.17) is 4.74 Å². The number of carbonyl (C=O) groups is 2. The minimum Gasteiger partial charge on any atom is -0.447 e. The molecule has 2 aliphatic rings. The van der Waals surface area contributed by atoms with Crippen LogP contribution in [0.15, 0.2) is 0 Å². The van der Waals surface area contributed by atoms with Gasteiger partial charge >= 0.3 is 12.1 Å². The number of nitrogens with one attached hydrogen (secondary N) is 1. The third-order valence-electron chi connectivity index (χ3n) is 3.83. The number of hydrogen-bond acceptors (Lipinski definition) is 3. The minimum atomic E-state index is -0.250. The molecule has 0 radical (unpaired) electrons. The van der Waals surface area contributed by atoms with E-state index in [1.807, 2.05) is 20.9 Å². The highest BCUT2D eigenvalue weighted by Gasteiger charge is 2.31. The van der Waals surface area contributed by atoms with Crippen molar-refractivity contribution in [1.82, 2.24) is 15.1 Å². The van der Waals surface area contributed by atoms with Gasteiger partial charge in [-0.15, -0.1) is 0 Å². The SMILES string of the molecule is CC(C)OC(=O)N1CCC(NC(=O)N(C)C2CC2)CC1. The highest BCUT2D eigenvalue weighted by Crippen LogP contribution is 2.25. The van der Waals surface area contributed by atoms with E-state index in [1.54, 1.807) is 9.80 Å². The molecule has 0 unspecified atom stereocenters. The summed E-state index contributed by atoms with van der Waals surface area (Å²) >= 11 is 0. The molecule has 1 saturated carbocycles. The summed E-state index contributed by atoms with van der Waals surface area (Å²) in [6, 6.07) is 0.596. The minimum absolute atomic E-state index is 0.00991. The molecule has 0 bridgehead atoms. The maximum atomic E-state index is 12.0. The second-order valence-corrected chi connectivity index (χ2v) is 5.99. The van der Waals surface area contributed by atoms with Gasteiger partial charge in [0, 0.05) is 32.2 Å². The summed E-state index contributed by atoms with van der Waals surface area (Å²) < 4.78 is 5.18. The zero-order valence-corrected chi connectivity index (χ0v) is 12.6. The Kier molecular flexibility index (Phi) is 4.73. The van der Waals surface area contributed by atoms with E-state index in [2.05, 4.69) is 5.32 Å². The maximum absolute atomic E-state index is 12.0. The van der Waals surface area contributed by atoms with Crippen molar-refractivity contribution in [3.8, 4) is 0 Å². The van der Waals surface area contributed by atoms with Gasteiger partial charge in [-0.3, -0.25) is 0 Å². The van der Waals surface area contributed by atoms with Crippen molar-refractivity contribution in [2.24, 2.45) is 0 Å². The highest BCUT2D eigenvalue weighted by atomic mass is 16.6. The predicted octanol–water partition coefficient (Wildman–Crippen LogP) is 1.80. The molecular weight excluding hydrogens is 258 g/mol.